The smallest absolute Gasteiger partial charge is 0.416 e. The summed E-state index contributed by atoms with van der Waals surface area (Å²) in [7, 11) is 3.03. The van der Waals surface area contributed by atoms with E-state index in [0.29, 0.717) is 50.2 Å². The minimum absolute atomic E-state index is 0.0131. The standard InChI is InChI=1S/C34H27ClF3N3O6/c1-4-46-27-16-19(12-13-24(27)47-33(43)20-8-7-9-21(17-20)34(36,37)38)18-39-41-32(42)31-28(22-10-5-6-11-23(22)35)29-25(44-2)14-15-26(45-3)30(29)40-31/h5-18,40H,4H2,1-3H3,(H,41,42). The van der Waals surface area contributed by atoms with E-state index < -0.39 is 23.6 Å². The van der Waals surface area contributed by atoms with Crippen molar-refractivity contribution in [1.29, 1.82) is 0 Å². The quantitative estimate of drug-likeness (QED) is 0.0679. The van der Waals surface area contributed by atoms with E-state index in [0.717, 1.165) is 12.1 Å². The van der Waals surface area contributed by atoms with E-state index in [9.17, 15) is 22.8 Å². The third-order valence-electron chi connectivity index (χ3n) is 6.96. The van der Waals surface area contributed by atoms with E-state index in [1.807, 2.05) is 0 Å². The Kier molecular flexibility index (Phi) is 9.71. The minimum atomic E-state index is -4.62. The van der Waals surface area contributed by atoms with Crippen LogP contribution in [0.5, 0.6) is 23.0 Å². The summed E-state index contributed by atoms with van der Waals surface area (Å²) in [6, 6.07) is 18.8. The number of benzene rings is 4. The number of hydrogen-bond acceptors (Lipinski definition) is 7. The molecule has 0 spiro atoms. The van der Waals surface area contributed by atoms with Crippen LogP contribution in [0.4, 0.5) is 13.2 Å². The molecule has 13 heteroatoms. The van der Waals surface area contributed by atoms with Gasteiger partial charge in [0.2, 0.25) is 0 Å². The van der Waals surface area contributed by atoms with E-state index in [-0.39, 0.29) is 29.4 Å². The van der Waals surface area contributed by atoms with Gasteiger partial charge in [0, 0.05) is 16.1 Å². The number of nitrogens with one attached hydrogen (secondary N) is 2. The molecule has 0 radical (unpaired) electrons. The van der Waals surface area contributed by atoms with Gasteiger partial charge in [-0.2, -0.15) is 18.3 Å². The van der Waals surface area contributed by atoms with Crippen molar-refractivity contribution in [3.05, 3.63) is 106 Å². The van der Waals surface area contributed by atoms with Crippen LogP contribution >= 0.6 is 11.6 Å². The molecular formula is C34H27ClF3N3O6. The fraction of sp³-hybridized carbons (Fsp3) is 0.147. The number of fused-ring (bicyclic) bond motifs is 1. The van der Waals surface area contributed by atoms with Crippen LogP contribution in [0.25, 0.3) is 22.0 Å². The molecule has 5 aromatic rings. The van der Waals surface area contributed by atoms with Crippen LogP contribution in [0, 0.1) is 0 Å². The highest BCUT2D eigenvalue weighted by Crippen LogP contribution is 2.44. The lowest BCUT2D eigenvalue weighted by Crippen LogP contribution is -2.19. The van der Waals surface area contributed by atoms with E-state index in [1.54, 1.807) is 43.3 Å². The number of H-pyrrole nitrogens is 1. The number of rotatable bonds is 10. The Morgan fingerprint density at radius 3 is 2.34 bits per heavy atom. The van der Waals surface area contributed by atoms with Gasteiger partial charge in [-0.3, -0.25) is 4.79 Å². The predicted octanol–water partition coefficient (Wildman–Crippen LogP) is 7.91. The molecule has 0 aliphatic heterocycles. The van der Waals surface area contributed by atoms with E-state index in [1.165, 1.54) is 44.7 Å². The Morgan fingerprint density at radius 1 is 0.915 bits per heavy atom. The largest absolute Gasteiger partial charge is 0.496 e. The Morgan fingerprint density at radius 2 is 1.64 bits per heavy atom. The summed E-state index contributed by atoms with van der Waals surface area (Å²) in [5, 5.41) is 5.09. The molecule has 0 atom stereocenters. The van der Waals surface area contributed by atoms with Crippen molar-refractivity contribution in [2.24, 2.45) is 5.10 Å². The third kappa shape index (κ3) is 7.02. The number of hydrogen-bond donors (Lipinski definition) is 2. The number of nitrogens with zero attached hydrogens (tertiary/aromatic N) is 1. The van der Waals surface area contributed by atoms with Crippen molar-refractivity contribution >= 4 is 40.6 Å². The number of carbonyl (C=O) groups is 2. The van der Waals surface area contributed by atoms with Crippen LogP contribution in [0.15, 0.2) is 84.0 Å². The number of halogens is 4. The van der Waals surface area contributed by atoms with Crippen LogP contribution < -0.4 is 24.4 Å². The van der Waals surface area contributed by atoms with Crippen molar-refractivity contribution in [2.45, 2.75) is 13.1 Å². The fourth-order valence-corrected chi connectivity index (χ4v) is 5.08. The Bertz CT molecular complexity index is 1990. The molecule has 0 saturated carbocycles. The molecule has 0 unspecified atom stereocenters. The van der Waals surface area contributed by atoms with E-state index in [2.05, 4.69) is 15.5 Å². The number of ether oxygens (including phenoxy) is 4. The van der Waals surface area contributed by atoms with Gasteiger partial charge in [0.25, 0.3) is 5.91 Å². The molecule has 1 aromatic heterocycles. The zero-order chi connectivity index (χ0) is 33.7. The summed E-state index contributed by atoms with van der Waals surface area (Å²) in [4.78, 5) is 29.3. The first kappa shape index (κ1) is 32.9. The minimum Gasteiger partial charge on any atom is -0.496 e. The topological polar surface area (TPSA) is 111 Å². The average molecular weight is 666 g/mol. The van der Waals surface area contributed by atoms with E-state index in [4.69, 9.17) is 30.5 Å². The highest BCUT2D eigenvalue weighted by atomic mass is 35.5. The van der Waals surface area contributed by atoms with Crippen LogP contribution in [-0.4, -0.2) is 43.9 Å². The van der Waals surface area contributed by atoms with Crippen LogP contribution in [0.1, 0.15) is 38.9 Å². The van der Waals surface area contributed by atoms with Gasteiger partial charge in [-0.25, -0.2) is 10.2 Å². The SMILES string of the molecule is CCOc1cc(C=NNC(=O)c2[nH]c3c(OC)ccc(OC)c3c2-c2ccccc2Cl)ccc1OC(=O)c1cccc(C(F)(F)F)c1. The maximum absolute atomic E-state index is 13.5. The molecule has 2 N–H and O–H groups in total. The molecule has 0 aliphatic rings. The van der Waals surface area contributed by atoms with Crippen molar-refractivity contribution in [3.8, 4) is 34.1 Å². The van der Waals surface area contributed by atoms with Crippen LogP contribution in [0.2, 0.25) is 5.02 Å². The third-order valence-corrected chi connectivity index (χ3v) is 7.29. The summed E-state index contributed by atoms with van der Waals surface area (Å²) in [5.41, 5.74) is 3.45. The highest BCUT2D eigenvalue weighted by Gasteiger charge is 2.31. The van der Waals surface area contributed by atoms with Gasteiger partial charge in [0.15, 0.2) is 11.5 Å². The summed E-state index contributed by atoms with van der Waals surface area (Å²) in [5.74, 6) is -0.486. The zero-order valence-corrected chi connectivity index (χ0v) is 26.0. The number of alkyl halides is 3. The van der Waals surface area contributed by atoms with Crippen LogP contribution in [-0.2, 0) is 6.18 Å². The van der Waals surface area contributed by atoms with Gasteiger partial charge in [0.1, 0.15) is 17.2 Å². The van der Waals surface area contributed by atoms with Gasteiger partial charge in [-0.05, 0) is 67.1 Å². The first-order valence-electron chi connectivity index (χ1n) is 14.1. The molecule has 0 bridgehead atoms. The zero-order valence-electron chi connectivity index (χ0n) is 25.2. The van der Waals surface area contributed by atoms with Crippen molar-refractivity contribution in [1.82, 2.24) is 10.4 Å². The summed E-state index contributed by atoms with van der Waals surface area (Å²) in [6.45, 7) is 1.91. The first-order valence-corrected chi connectivity index (χ1v) is 14.4. The second-order valence-corrected chi connectivity index (χ2v) is 10.3. The van der Waals surface area contributed by atoms with Gasteiger partial charge >= 0.3 is 12.1 Å². The molecule has 5 rings (SSSR count). The maximum atomic E-state index is 13.5. The highest BCUT2D eigenvalue weighted by molar-refractivity contribution is 6.34. The van der Waals surface area contributed by atoms with Crippen molar-refractivity contribution in [3.63, 3.8) is 0 Å². The lowest BCUT2D eigenvalue weighted by molar-refractivity contribution is -0.137. The molecule has 1 heterocycles. The summed E-state index contributed by atoms with van der Waals surface area (Å²) in [6.07, 6.45) is -3.27. The number of aromatic nitrogens is 1. The number of methoxy groups -OCH3 is 2. The first-order chi connectivity index (χ1) is 22.5. The Labute approximate surface area is 271 Å². The van der Waals surface area contributed by atoms with Gasteiger partial charge in [-0.15, -0.1) is 0 Å². The molecule has 47 heavy (non-hydrogen) atoms. The van der Waals surface area contributed by atoms with Crippen LogP contribution in [0.3, 0.4) is 0 Å². The summed E-state index contributed by atoms with van der Waals surface area (Å²) < 4.78 is 61.4. The van der Waals surface area contributed by atoms with Gasteiger partial charge in [-0.1, -0.05) is 35.9 Å². The Balaban J connectivity index is 1.41. The summed E-state index contributed by atoms with van der Waals surface area (Å²) >= 11 is 6.56. The van der Waals surface area contributed by atoms with Gasteiger partial charge in [0.05, 0.1) is 49.1 Å². The number of carbonyl (C=O) groups excluding carboxylic acids is 2. The van der Waals surface area contributed by atoms with Crippen molar-refractivity contribution < 1.29 is 41.7 Å². The maximum Gasteiger partial charge on any atom is 0.416 e. The average Bonchev–Trinajstić information content (AvgIpc) is 3.46. The lowest BCUT2D eigenvalue weighted by atomic mass is 10.0. The second kappa shape index (κ2) is 13.9. The van der Waals surface area contributed by atoms with E-state index >= 15 is 0 Å². The molecule has 0 fully saturated rings. The number of esters is 1. The normalized spacial score (nSPS) is 11.5. The lowest BCUT2D eigenvalue weighted by Gasteiger charge is -2.12. The monoisotopic (exact) mass is 665 g/mol. The molecule has 0 aliphatic carbocycles. The number of amides is 1. The molecule has 0 saturated heterocycles. The molecule has 4 aromatic carbocycles. The predicted molar refractivity (Wildman–Crippen MR) is 171 cm³/mol. The molecule has 1 amide bonds. The molecule has 9 nitrogen and oxygen atoms in total. The van der Waals surface area contributed by atoms with Crippen molar-refractivity contribution in [2.75, 3.05) is 20.8 Å². The second-order valence-electron chi connectivity index (χ2n) is 9.88. The number of hydrazone groups is 1. The van der Waals surface area contributed by atoms with Gasteiger partial charge < -0.3 is 23.9 Å². The Hall–Kier alpha value is -5.49. The number of aromatic amines is 1. The molecule has 242 valence electrons. The fourth-order valence-electron chi connectivity index (χ4n) is 4.85. The molecular weight excluding hydrogens is 639 g/mol.